The van der Waals surface area contributed by atoms with Gasteiger partial charge in [-0.1, -0.05) is 0 Å². The van der Waals surface area contributed by atoms with Crippen molar-refractivity contribution >= 4 is 17.7 Å². The van der Waals surface area contributed by atoms with Crippen molar-refractivity contribution in [2.24, 2.45) is 0 Å². The molecule has 9 nitrogen and oxygen atoms in total. The lowest BCUT2D eigenvalue weighted by Crippen LogP contribution is -2.58. The van der Waals surface area contributed by atoms with Gasteiger partial charge in [-0.15, -0.1) is 0 Å². The van der Waals surface area contributed by atoms with E-state index in [-0.39, 0.29) is 35.8 Å². The Kier molecular flexibility index (Phi) is 6.95. The van der Waals surface area contributed by atoms with Gasteiger partial charge in [0.1, 0.15) is 5.75 Å². The number of nitrogens with zero attached hydrogens (tertiary/aromatic N) is 3. The smallest absolute Gasteiger partial charge is 0.251 e. The summed E-state index contributed by atoms with van der Waals surface area (Å²) in [4.78, 5) is 44.1. The first-order valence-corrected chi connectivity index (χ1v) is 11.4. The maximum atomic E-state index is 12.7. The summed E-state index contributed by atoms with van der Waals surface area (Å²) in [5.74, 6) is 0.743. The molecule has 0 spiro atoms. The van der Waals surface area contributed by atoms with E-state index in [1.54, 1.807) is 31.4 Å². The van der Waals surface area contributed by atoms with Gasteiger partial charge in [0.25, 0.3) is 5.91 Å². The Balaban J connectivity index is 1.31. The summed E-state index contributed by atoms with van der Waals surface area (Å²) in [5, 5.41) is 6.06. The van der Waals surface area contributed by atoms with E-state index >= 15 is 0 Å². The summed E-state index contributed by atoms with van der Waals surface area (Å²) in [6, 6.07) is 6.73. The zero-order valence-corrected chi connectivity index (χ0v) is 18.9. The molecule has 3 aliphatic heterocycles. The van der Waals surface area contributed by atoms with Crippen LogP contribution in [0.25, 0.3) is 0 Å². The zero-order chi connectivity index (χ0) is 22.7. The maximum Gasteiger partial charge on any atom is 0.251 e. The molecule has 0 aliphatic carbocycles. The molecule has 0 bridgehead atoms. The molecule has 1 aromatic rings. The minimum atomic E-state index is -0.256. The lowest BCUT2D eigenvalue weighted by atomic mass is 10.0. The number of amides is 3. The zero-order valence-electron chi connectivity index (χ0n) is 18.9. The van der Waals surface area contributed by atoms with Crippen molar-refractivity contribution < 1.29 is 19.1 Å². The molecule has 3 amide bonds. The summed E-state index contributed by atoms with van der Waals surface area (Å²) in [5.41, 5.74) is 0.564. The van der Waals surface area contributed by atoms with Crippen molar-refractivity contribution in [2.45, 2.75) is 37.4 Å². The van der Waals surface area contributed by atoms with E-state index in [2.05, 4.69) is 27.5 Å². The molecule has 4 rings (SSSR count). The lowest BCUT2D eigenvalue weighted by Gasteiger charge is -2.38. The van der Waals surface area contributed by atoms with Gasteiger partial charge in [-0.25, -0.2) is 0 Å². The quantitative estimate of drug-likeness (QED) is 0.639. The Morgan fingerprint density at radius 2 is 1.88 bits per heavy atom. The van der Waals surface area contributed by atoms with Crippen molar-refractivity contribution in [2.75, 3.05) is 53.4 Å². The topological polar surface area (TPSA) is 94.2 Å². The predicted molar refractivity (Wildman–Crippen MR) is 119 cm³/mol. The number of nitrogens with one attached hydrogen (secondary N) is 2. The highest BCUT2D eigenvalue weighted by atomic mass is 16.5. The van der Waals surface area contributed by atoms with Gasteiger partial charge in [0.15, 0.2) is 0 Å². The van der Waals surface area contributed by atoms with Gasteiger partial charge in [-0.2, -0.15) is 0 Å². The number of piperazine rings is 2. The Morgan fingerprint density at radius 3 is 2.56 bits per heavy atom. The molecule has 32 heavy (non-hydrogen) atoms. The SMILES string of the molecule is COc1ccc(C(=O)NC2CC3C(=O)NCC(CCC(=O)N4CCN(C)CC4)N3C2)cc1. The van der Waals surface area contributed by atoms with E-state index < -0.39 is 0 Å². The van der Waals surface area contributed by atoms with Crippen LogP contribution in [0.15, 0.2) is 24.3 Å². The van der Waals surface area contributed by atoms with Crippen LogP contribution in [0.3, 0.4) is 0 Å². The molecule has 0 radical (unpaired) electrons. The average molecular weight is 444 g/mol. The van der Waals surface area contributed by atoms with Crippen LogP contribution in [0, 0.1) is 0 Å². The van der Waals surface area contributed by atoms with E-state index in [0.717, 1.165) is 26.2 Å². The van der Waals surface area contributed by atoms with Crippen molar-refractivity contribution in [1.82, 2.24) is 25.3 Å². The number of rotatable bonds is 6. The van der Waals surface area contributed by atoms with Crippen LogP contribution < -0.4 is 15.4 Å². The average Bonchev–Trinajstić information content (AvgIpc) is 3.23. The first-order valence-electron chi connectivity index (χ1n) is 11.4. The largest absolute Gasteiger partial charge is 0.497 e. The number of ether oxygens (including phenoxy) is 1. The Labute approximate surface area is 189 Å². The number of methoxy groups -OCH3 is 1. The number of likely N-dealkylation sites (N-methyl/N-ethyl adjacent to an activating group) is 1. The molecule has 3 fully saturated rings. The Morgan fingerprint density at radius 1 is 1.16 bits per heavy atom. The van der Waals surface area contributed by atoms with Gasteiger partial charge >= 0.3 is 0 Å². The molecular weight excluding hydrogens is 410 g/mol. The van der Waals surface area contributed by atoms with Crippen LogP contribution in [-0.2, 0) is 9.59 Å². The third-order valence-electron chi connectivity index (χ3n) is 6.86. The molecular formula is C23H33N5O4. The van der Waals surface area contributed by atoms with Crippen LogP contribution in [0.2, 0.25) is 0 Å². The van der Waals surface area contributed by atoms with E-state index in [4.69, 9.17) is 4.74 Å². The third-order valence-corrected chi connectivity index (χ3v) is 6.86. The highest BCUT2D eigenvalue weighted by molar-refractivity contribution is 5.94. The predicted octanol–water partition coefficient (Wildman–Crippen LogP) is -0.0795. The molecule has 0 aromatic heterocycles. The van der Waals surface area contributed by atoms with Crippen molar-refractivity contribution in [3.05, 3.63) is 29.8 Å². The molecule has 2 N–H and O–H groups in total. The second-order valence-corrected chi connectivity index (χ2v) is 8.97. The summed E-state index contributed by atoms with van der Waals surface area (Å²) in [6.45, 7) is 4.55. The number of carbonyl (C=O) groups is 3. The van der Waals surface area contributed by atoms with Gasteiger partial charge in [-0.3, -0.25) is 19.3 Å². The number of fused-ring (bicyclic) bond motifs is 1. The number of benzene rings is 1. The summed E-state index contributed by atoms with van der Waals surface area (Å²) in [6.07, 6.45) is 1.77. The molecule has 3 atom stereocenters. The van der Waals surface area contributed by atoms with Crippen LogP contribution in [0.4, 0.5) is 0 Å². The number of hydrogen-bond acceptors (Lipinski definition) is 6. The number of hydrogen-bond donors (Lipinski definition) is 2. The first kappa shape index (κ1) is 22.5. The lowest BCUT2D eigenvalue weighted by molar-refractivity contribution is -0.133. The van der Waals surface area contributed by atoms with Gasteiger partial charge in [0, 0.05) is 63.3 Å². The number of carbonyl (C=O) groups excluding carboxylic acids is 3. The van der Waals surface area contributed by atoms with Crippen molar-refractivity contribution in [1.29, 1.82) is 0 Å². The Bertz CT molecular complexity index is 837. The van der Waals surface area contributed by atoms with Crippen LogP contribution >= 0.6 is 0 Å². The standard InChI is InChI=1S/C23H33N5O4/c1-26-9-11-27(12-10-26)21(29)8-5-18-14-24-23(31)20-13-17(15-28(18)20)25-22(30)16-3-6-19(32-2)7-4-16/h3-4,6-7,17-18,20H,5,8-15H2,1-2H3,(H,24,31)(H,25,30). The highest BCUT2D eigenvalue weighted by Crippen LogP contribution is 2.26. The monoisotopic (exact) mass is 443 g/mol. The Hall–Kier alpha value is -2.65. The first-order chi connectivity index (χ1) is 15.4. The van der Waals surface area contributed by atoms with Gasteiger partial charge < -0.3 is 25.2 Å². The van der Waals surface area contributed by atoms with Crippen molar-refractivity contribution in [3.63, 3.8) is 0 Å². The van der Waals surface area contributed by atoms with Crippen LogP contribution in [0.1, 0.15) is 29.6 Å². The second kappa shape index (κ2) is 9.87. The molecule has 3 aliphatic rings. The van der Waals surface area contributed by atoms with E-state index in [1.165, 1.54) is 0 Å². The van der Waals surface area contributed by atoms with Gasteiger partial charge in [0.05, 0.1) is 13.2 Å². The molecule has 3 unspecified atom stereocenters. The molecule has 3 saturated heterocycles. The fourth-order valence-electron chi connectivity index (χ4n) is 4.86. The highest BCUT2D eigenvalue weighted by Gasteiger charge is 2.43. The van der Waals surface area contributed by atoms with Gasteiger partial charge in [-0.05, 0) is 44.2 Å². The fraction of sp³-hybridized carbons (Fsp3) is 0.609. The van der Waals surface area contributed by atoms with Crippen LogP contribution in [-0.4, -0.2) is 104 Å². The normalized spacial score (nSPS) is 26.4. The van der Waals surface area contributed by atoms with Crippen LogP contribution in [0.5, 0.6) is 5.75 Å². The summed E-state index contributed by atoms with van der Waals surface area (Å²) in [7, 11) is 3.66. The molecule has 3 heterocycles. The maximum absolute atomic E-state index is 12.7. The fourth-order valence-corrected chi connectivity index (χ4v) is 4.86. The van der Waals surface area contributed by atoms with E-state index in [0.29, 0.717) is 43.7 Å². The van der Waals surface area contributed by atoms with Crippen molar-refractivity contribution in [3.8, 4) is 5.75 Å². The summed E-state index contributed by atoms with van der Waals surface area (Å²) < 4.78 is 5.14. The molecule has 9 heteroatoms. The molecule has 0 saturated carbocycles. The van der Waals surface area contributed by atoms with Gasteiger partial charge in [0.2, 0.25) is 11.8 Å². The second-order valence-electron chi connectivity index (χ2n) is 8.97. The molecule has 174 valence electrons. The van der Waals surface area contributed by atoms with E-state index in [9.17, 15) is 14.4 Å². The molecule has 1 aromatic carbocycles. The summed E-state index contributed by atoms with van der Waals surface area (Å²) >= 11 is 0. The van der Waals surface area contributed by atoms with E-state index in [1.807, 2.05) is 4.90 Å². The third kappa shape index (κ3) is 5.05. The minimum Gasteiger partial charge on any atom is -0.497 e. The minimum absolute atomic E-state index is 0.00726.